The second-order valence-corrected chi connectivity index (χ2v) is 6.53. The SMILES string of the molecule is O=C(N/N=C/c1cccc(Br)c1)c1cc(-c2ccc(F)cc2F)ccc1O. The van der Waals surface area contributed by atoms with Gasteiger partial charge in [0.05, 0.1) is 11.8 Å². The highest BCUT2D eigenvalue weighted by atomic mass is 79.9. The van der Waals surface area contributed by atoms with Crippen LogP contribution in [0.15, 0.2) is 70.2 Å². The Labute approximate surface area is 162 Å². The van der Waals surface area contributed by atoms with Crippen LogP contribution in [0.4, 0.5) is 8.78 Å². The first-order chi connectivity index (χ1) is 12.9. The lowest BCUT2D eigenvalue weighted by Crippen LogP contribution is -2.17. The van der Waals surface area contributed by atoms with Crippen LogP contribution >= 0.6 is 15.9 Å². The van der Waals surface area contributed by atoms with E-state index in [2.05, 4.69) is 26.5 Å². The molecule has 0 aliphatic rings. The number of nitrogens with one attached hydrogen (secondary N) is 1. The van der Waals surface area contributed by atoms with Crippen molar-refractivity contribution < 1.29 is 18.7 Å². The minimum absolute atomic E-state index is 0.0809. The molecular weight excluding hydrogens is 418 g/mol. The number of carbonyl (C=O) groups is 1. The lowest BCUT2D eigenvalue weighted by atomic mass is 10.0. The molecule has 2 N–H and O–H groups in total. The van der Waals surface area contributed by atoms with E-state index in [1.54, 1.807) is 6.07 Å². The van der Waals surface area contributed by atoms with Gasteiger partial charge in [0.1, 0.15) is 17.4 Å². The Kier molecular flexibility index (Phi) is 5.61. The minimum atomic E-state index is -0.764. The van der Waals surface area contributed by atoms with Crippen molar-refractivity contribution in [3.8, 4) is 16.9 Å². The molecule has 0 unspecified atom stereocenters. The number of carbonyl (C=O) groups excluding carboxylic acids is 1. The molecule has 4 nitrogen and oxygen atoms in total. The topological polar surface area (TPSA) is 61.7 Å². The van der Waals surface area contributed by atoms with E-state index in [4.69, 9.17) is 0 Å². The molecule has 27 heavy (non-hydrogen) atoms. The average Bonchev–Trinajstić information content (AvgIpc) is 2.62. The van der Waals surface area contributed by atoms with Gasteiger partial charge in [0, 0.05) is 16.1 Å². The molecule has 136 valence electrons. The van der Waals surface area contributed by atoms with E-state index >= 15 is 0 Å². The summed E-state index contributed by atoms with van der Waals surface area (Å²) < 4.78 is 27.9. The molecule has 1 amide bonds. The number of hydrazone groups is 1. The van der Waals surface area contributed by atoms with E-state index in [1.165, 1.54) is 30.5 Å². The summed E-state index contributed by atoms with van der Waals surface area (Å²) >= 11 is 3.33. The van der Waals surface area contributed by atoms with Crippen LogP contribution in [0.25, 0.3) is 11.1 Å². The van der Waals surface area contributed by atoms with E-state index in [0.29, 0.717) is 5.56 Å². The highest BCUT2D eigenvalue weighted by Gasteiger charge is 2.14. The fourth-order valence-electron chi connectivity index (χ4n) is 2.42. The average molecular weight is 431 g/mol. The number of phenolic OH excluding ortho intramolecular Hbond substituents is 1. The van der Waals surface area contributed by atoms with Gasteiger partial charge in [-0.25, -0.2) is 14.2 Å². The van der Waals surface area contributed by atoms with Crippen LogP contribution in [-0.2, 0) is 0 Å². The van der Waals surface area contributed by atoms with Gasteiger partial charge >= 0.3 is 0 Å². The molecule has 0 fully saturated rings. The predicted molar refractivity (Wildman–Crippen MR) is 103 cm³/mol. The summed E-state index contributed by atoms with van der Waals surface area (Å²) in [5.41, 5.74) is 3.43. The van der Waals surface area contributed by atoms with E-state index in [0.717, 1.165) is 22.2 Å². The van der Waals surface area contributed by atoms with E-state index < -0.39 is 17.5 Å². The van der Waals surface area contributed by atoms with Crippen LogP contribution < -0.4 is 5.43 Å². The van der Waals surface area contributed by atoms with Gasteiger partial charge in [-0.2, -0.15) is 5.10 Å². The number of hydrogen-bond donors (Lipinski definition) is 2. The Morgan fingerprint density at radius 1 is 1.07 bits per heavy atom. The Morgan fingerprint density at radius 2 is 1.89 bits per heavy atom. The molecule has 0 spiro atoms. The van der Waals surface area contributed by atoms with Gasteiger partial charge in [0.25, 0.3) is 5.91 Å². The van der Waals surface area contributed by atoms with Gasteiger partial charge in [-0.15, -0.1) is 0 Å². The second kappa shape index (κ2) is 8.09. The van der Waals surface area contributed by atoms with Crippen LogP contribution in [0, 0.1) is 11.6 Å². The molecule has 0 radical (unpaired) electrons. The maximum absolute atomic E-state index is 14.0. The zero-order valence-electron chi connectivity index (χ0n) is 13.8. The molecule has 0 heterocycles. The molecule has 3 rings (SSSR count). The number of halogens is 3. The summed E-state index contributed by atoms with van der Waals surface area (Å²) in [6, 6.07) is 14.4. The summed E-state index contributed by atoms with van der Waals surface area (Å²) in [5, 5.41) is 13.8. The van der Waals surface area contributed by atoms with Crippen LogP contribution in [-0.4, -0.2) is 17.2 Å². The first-order valence-electron chi connectivity index (χ1n) is 7.81. The van der Waals surface area contributed by atoms with Gasteiger partial charge in [0.2, 0.25) is 0 Å². The molecular formula is C20H13BrF2N2O2. The van der Waals surface area contributed by atoms with Crippen molar-refractivity contribution in [1.29, 1.82) is 0 Å². The summed E-state index contributed by atoms with van der Waals surface area (Å²) in [7, 11) is 0. The monoisotopic (exact) mass is 430 g/mol. The van der Waals surface area contributed by atoms with Gasteiger partial charge in [0.15, 0.2) is 0 Å². The smallest absolute Gasteiger partial charge is 0.275 e. The predicted octanol–water partition coefficient (Wildman–Crippen LogP) is 4.86. The van der Waals surface area contributed by atoms with Crippen molar-refractivity contribution >= 4 is 28.1 Å². The molecule has 7 heteroatoms. The summed E-state index contributed by atoms with van der Waals surface area (Å²) in [5.74, 6) is -2.41. The molecule has 0 aromatic heterocycles. The van der Waals surface area contributed by atoms with Crippen molar-refractivity contribution in [2.75, 3.05) is 0 Å². The summed E-state index contributed by atoms with van der Waals surface area (Å²) in [6.45, 7) is 0. The highest BCUT2D eigenvalue weighted by molar-refractivity contribution is 9.10. The van der Waals surface area contributed by atoms with Crippen molar-refractivity contribution in [1.82, 2.24) is 5.43 Å². The molecule has 0 saturated carbocycles. The van der Waals surface area contributed by atoms with Crippen LogP contribution in [0.3, 0.4) is 0 Å². The van der Waals surface area contributed by atoms with E-state index in [9.17, 15) is 18.7 Å². The number of benzene rings is 3. The molecule has 0 bridgehead atoms. The Morgan fingerprint density at radius 3 is 2.63 bits per heavy atom. The molecule has 0 aliphatic heterocycles. The van der Waals surface area contributed by atoms with Gasteiger partial charge in [-0.1, -0.05) is 34.1 Å². The first-order valence-corrected chi connectivity index (χ1v) is 8.61. The molecule has 0 aliphatic carbocycles. The Balaban J connectivity index is 1.82. The van der Waals surface area contributed by atoms with Gasteiger partial charge < -0.3 is 5.11 Å². The standard InChI is InChI=1S/C20H13BrF2N2O2/c21-14-3-1-2-12(8-14)11-24-25-20(27)17-9-13(4-7-19(17)26)16-6-5-15(22)10-18(16)23/h1-11,26H,(H,25,27)/b24-11+. The second-order valence-electron chi connectivity index (χ2n) is 5.61. The van der Waals surface area contributed by atoms with Gasteiger partial charge in [-0.05, 0) is 47.5 Å². The van der Waals surface area contributed by atoms with Crippen molar-refractivity contribution in [3.63, 3.8) is 0 Å². The lowest BCUT2D eigenvalue weighted by Gasteiger charge is -2.08. The number of hydrogen-bond acceptors (Lipinski definition) is 3. The van der Waals surface area contributed by atoms with Crippen LogP contribution in [0.2, 0.25) is 0 Å². The lowest BCUT2D eigenvalue weighted by molar-refractivity contribution is 0.0952. The molecule has 3 aromatic rings. The Bertz CT molecular complexity index is 1040. The number of rotatable bonds is 4. The number of nitrogens with zero attached hydrogens (tertiary/aromatic N) is 1. The third-order valence-electron chi connectivity index (χ3n) is 3.71. The highest BCUT2D eigenvalue weighted by Crippen LogP contribution is 2.28. The maximum Gasteiger partial charge on any atom is 0.275 e. The van der Waals surface area contributed by atoms with Crippen molar-refractivity contribution in [2.24, 2.45) is 5.10 Å². The molecule has 0 atom stereocenters. The van der Waals surface area contributed by atoms with Crippen LogP contribution in [0.5, 0.6) is 5.75 Å². The summed E-state index contributed by atoms with van der Waals surface area (Å²) in [4.78, 5) is 12.3. The van der Waals surface area contributed by atoms with Crippen LogP contribution in [0.1, 0.15) is 15.9 Å². The zero-order valence-corrected chi connectivity index (χ0v) is 15.4. The third kappa shape index (κ3) is 4.57. The molecule has 3 aromatic carbocycles. The number of aromatic hydroxyl groups is 1. The normalized spacial score (nSPS) is 10.9. The molecule has 0 saturated heterocycles. The number of amides is 1. The van der Waals surface area contributed by atoms with Gasteiger partial charge in [-0.3, -0.25) is 4.79 Å². The largest absolute Gasteiger partial charge is 0.507 e. The third-order valence-corrected chi connectivity index (χ3v) is 4.20. The minimum Gasteiger partial charge on any atom is -0.507 e. The van der Waals surface area contributed by atoms with Crippen molar-refractivity contribution in [2.45, 2.75) is 0 Å². The zero-order chi connectivity index (χ0) is 19.4. The summed E-state index contributed by atoms with van der Waals surface area (Å²) in [6.07, 6.45) is 1.45. The van der Waals surface area contributed by atoms with E-state index in [1.807, 2.05) is 18.2 Å². The Hall–Kier alpha value is -3.06. The first kappa shape index (κ1) is 18.7. The fourth-order valence-corrected chi connectivity index (χ4v) is 2.84. The maximum atomic E-state index is 14.0. The van der Waals surface area contributed by atoms with Crippen molar-refractivity contribution in [3.05, 3.63) is 87.9 Å². The quantitative estimate of drug-likeness (QED) is 0.458. The fraction of sp³-hybridized carbons (Fsp3) is 0. The van der Waals surface area contributed by atoms with E-state index in [-0.39, 0.29) is 16.9 Å². The number of phenols is 1.